The summed E-state index contributed by atoms with van der Waals surface area (Å²) in [5, 5.41) is 12.9. The Morgan fingerprint density at radius 2 is 1.51 bits per heavy atom. The smallest absolute Gasteiger partial charge is 0.280 e. The van der Waals surface area contributed by atoms with Gasteiger partial charge in [0, 0.05) is 38.3 Å². The van der Waals surface area contributed by atoms with E-state index >= 15 is 0 Å². The predicted molar refractivity (Wildman–Crippen MR) is 178 cm³/mol. The highest BCUT2D eigenvalue weighted by molar-refractivity contribution is 7.99. The fourth-order valence-corrected chi connectivity index (χ4v) is 5.59. The largest absolute Gasteiger partial charge is 0.494 e. The van der Waals surface area contributed by atoms with Crippen LogP contribution in [-0.2, 0) is 14.4 Å². The molecule has 2 rings (SSSR count). The first-order valence-corrected chi connectivity index (χ1v) is 18.0. The maximum atomic E-state index is 13.4. The summed E-state index contributed by atoms with van der Waals surface area (Å²) in [5.41, 5.74) is 0.707. The Morgan fingerprint density at radius 3 is 2.12 bits per heavy atom. The van der Waals surface area contributed by atoms with Crippen LogP contribution in [0.2, 0.25) is 0 Å². The molecular weight excluding hydrogens is 562 g/mol. The molecule has 10 heteroatoms. The van der Waals surface area contributed by atoms with Gasteiger partial charge < -0.3 is 20.7 Å². The van der Waals surface area contributed by atoms with Gasteiger partial charge in [-0.15, -0.1) is 0 Å². The molecule has 1 aliphatic rings. The Hall–Kier alpha value is -2.46. The van der Waals surface area contributed by atoms with Crippen LogP contribution in [0.5, 0.6) is 5.75 Å². The Morgan fingerprint density at radius 1 is 0.884 bits per heavy atom. The molecule has 1 aromatic rings. The molecule has 0 bridgehead atoms. The topological polar surface area (TPSA) is 103 Å². The zero-order chi connectivity index (χ0) is 31.1. The van der Waals surface area contributed by atoms with E-state index in [2.05, 4.69) is 27.9 Å². The van der Waals surface area contributed by atoms with Gasteiger partial charge in [-0.05, 0) is 63.1 Å². The normalized spacial score (nSPS) is 13.8. The maximum Gasteiger partial charge on any atom is 0.280 e. The van der Waals surface area contributed by atoms with Crippen LogP contribution in [0.25, 0.3) is 0 Å². The van der Waals surface area contributed by atoms with Crippen molar-refractivity contribution in [2.24, 2.45) is 0 Å². The lowest BCUT2D eigenvalue weighted by Crippen LogP contribution is -2.57. The molecule has 0 spiro atoms. The van der Waals surface area contributed by atoms with Gasteiger partial charge >= 0.3 is 0 Å². The SMILES string of the molecule is CCCCCCCCCCCCNC(=O)CCCOc1ccc(NC(NC(=O)CSC)C(=O)N(CC)N2CCCC2)cc1. The van der Waals surface area contributed by atoms with Crippen molar-refractivity contribution in [2.75, 3.05) is 50.1 Å². The number of likely N-dealkylation sites (N-methyl/N-ethyl adjacent to an activating group) is 1. The molecule has 1 saturated heterocycles. The highest BCUT2D eigenvalue weighted by Gasteiger charge is 2.30. The summed E-state index contributed by atoms with van der Waals surface area (Å²) in [6.07, 6.45) is 17.1. The van der Waals surface area contributed by atoms with E-state index in [-0.39, 0.29) is 23.5 Å². The molecular formula is C33H57N5O4S. The minimum absolute atomic E-state index is 0.0772. The minimum Gasteiger partial charge on any atom is -0.494 e. The molecule has 9 nitrogen and oxygen atoms in total. The number of anilines is 1. The molecule has 1 fully saturated rings. The summed E-state index contributed by atoms with van der Waals surface area (Å²) >= 11 is 1.42. The van der Waals surface area contributed by atoms with Gasteiger partial charge in [-0.3, -0.25) is 19.4 Å². The van der Waals surface area contributed by atoms with Crippen LogP contribution >= 0.6 is 11.8 Å². The van der Waals surface area contributed by atoms with Crippen molar-refractivity contribution in [1.82, 2.24) is 20.7 Å². The first-order chi connectivity index (χ1) is 21.0. The number of hydrazine groups is 1. The van der Waals surface area contributed by atoms with Gasteiger partial charge in [0.1, 0.15) is 5.75 Å². The number of nitrogens with one attached hydrogen (secondary N) is 3. The highest BCUT2D eigenvalue weighted by atomic mass is 32.2. The predicted octanol–water partition coefficient (Wildman–Crippen LogP) is 5.96. The van der Waals surface area contributed by atoms with Crippen LogP contribution in [0.15, 0.2) is 24.3 Å². The van der Waals surface area contributed by atoms with E-state index < -0.39 is 6.17 Å². The molecule has 0 aliphatic carbocycles. The van der Waals surface area contributed by atoms with Gasteiger partial charge in [0.15, 0.2) is 6.17 Å². The highest BCUT2D eigenvalue weighted by Crippen LogP contribution is 2.18. The van der Waals surface area contributed by atoms with E-state index in [1.165, 1.54) is 69.5 Å². The van der Waals surface area contributed by atoms with Crippen LogP contribution in [-0.4, -0.2) is 78.7 Å². The number of carbonyl (C=O) groups is 3. The number of benzene rings is 1. The monoisotopic (exact) mass is 619 g/mol. The molecule has 1 aliphatic heterocycles. The van der Waals surface area contributed by atoms with E-state index in [9.17, 15) is 14.4 Å². The molecule has 0 aromatic heterocycles. The number of amides is 3. The second-order valence-corrected chi connectivity index (χ2v) is 12.2. The zero-order valence-electron chi connectivity index (χ0n) is 27.0. The van der Waals surface area contributed by atoms with Crippen molar-refractivity contribution in [3.63, 3.8) is 0 Å². The van der Waals surface area contributed by atoms with Gasteiger partial charge in [0.05, 0.1) is 12.4 Å². The van der Waals surface area contributed by atoms with Crippen LogP contribution in [0.4, 0.5) is 5.69 Å². The second-order valence-electron chi connectivity index (χ2n) is 11.3. The molecule has 244 valence electrons. The van der Waals surface area contributed by atoms with Crippen molar-refractivity contribution in [2.45, 2.75) is 110 Å². The van der Waals surface area contributed by atoms with Crippen molar-refractivity contribution in [3.8, 4) is 5.75 Å². The molecule has 1 heterocycles. The third-order valence-corrected chi connectivity index (χ3v) is 8.19. The van der Waals surface area contributed by atoms with Gasteiger partial charge in [-0.1, -0.05) is 64.7 Å². The van der Waals surface area contributed by atoms with Crippen LogP contribution in [0.1, 0.15) is 104 Å². The first kappa shape index (κ1) is 36.7. The molecule has 3 N–H and O–H groups in total. The Labute approximate surface area is 264 Å². The molecule has 0 saturated carbocycles. The number of rotatable bonds is 24. The van der Waals surface area contributed by atoms with Crippen molar-refractivity contribution in [3.05, 3.63) is 24.3 Å². The number of hydrogen-bond donors (Lipinski definition) is 3. The standard InChI is InChI=1S/C33H57N5O4S/c1-4-6-7-8-9-10-11-12-13-14-23-34-30(39)18-17-26-42-29-21-19-28(20-22-29)35-32(36-31(40)27-43-3)33(41)38(5-2)37-24-15-16-25-37/h19-22,32,35H,4-18,23-27H2,1-3H3,(H,34,39)(H,36,40). The Bertz CT molecular complexity index is 911. The summed E-state index contributed by atoms with van der Waals surface area (Å²) < 4.78 is 5.83. The molecule has 1 aromatic carbocycles. The van der Waals surface area contributed by atoms with E-state index in [1.54, 1.807) is 5.01 Å². The lowest BCUT2D eigenvalue weighted by molar-refractivity contribution is -0.149. The van der Waals surface area contributed by atoms with Crippen LogP contribution < -0.4 is 20.7 Å². The minimum atomic E-state index is -0.870. The molecule has 0 radical (unpaired) electrons. The van der Waals surface area contributed by atoms with E-state index in [0.717, 1.165) is 38.9 Å². The summed E-state index contributed by atoms with van der Waals surface area (Å²) in [6, 6.07) is 7.33. The van der Waals surface area contributed by atoms with Gasteiger partial charge in [0.2, 0.25) is 11.8 Å². The Kier molecular flexibility index (Phi) is 19.6. The van der Waals surface area contributed by atoms with Crippen molar-refractivity contribution >= 4 is 35.2 Å². The average molecular weight is 620 g/mol. The number of nitrogens with zero attached hydrogens (tertiary/aromatic N) is 2. The number of ether oxygens (including phenoxy) is 1. The van der Waals surface area contributed by atoms with E-state index in [1.807, 2.05) is 37.4 Å². The number of carbonyl (C=O) groups excluding carboxylic acids is 3. The first-order valence-electron chi connectivity index (χ1n) is 16.6. The summed E-state index contributed by atoms with van der Waals surface area (Å²) in [6.45, 7) is 7.63. The van der Waals surface area contributed by atoms with Crippen molar-refractivity contribution in [1.29, 1.82) is 0 Å². The van der Waals surface area contributed by atoms with Crippen LogP contribution in [0, 0.1) is 0 Å². The third kappa shape index (κ3) is 15.7. The fourth-order valence-electron chi connectivity index (χ4n) is 5.24. The van der Waals surface area contributed by atoms with Gasteiger partial charge in [0.25, 0.3) is 5.91 Å². The third-order valence-electron chi connectivity index (χ3n) is 7.64. The lowest BCUT2D eigenvalue weighted by Gasteiger charge is -2.34. The van der Waals surface area contributed by atoms with E-state index in [0.29, 0.717) is 37.4 Å². The number of thioether (sulfide) groups is 1. The molecule has 1 unspecified atom stereocenters. The van der Waals surface area contributed by atoms with E-state index in [4.69, 9.17) is 4.74 Å². The molecule has 3 amide bonds. The zero-order valence-corrected chi connectivity index (χ0v) is 27.8. The van der Waals surface area contributed by atoms with Crippen molar-refractivity contribution < 1.29 is 19.1 Å². The maximum absolute atomic E-state index is 13.4. The Balaban J connectivity index is 1.66. The molecule has 43 heavy (non-hydrogen) atoms. The summed E-state index contributed by atoms with van der Waals surface area (Å²) in [7, 11) is 0. The average Bonchev–Trinajstić information content (AvgIpc) is 3.53. The summed E-state index contributed by atoms with van der Waals surface area (Å²) in [5.74, 6) is 0.686. The summed E-state index contributed by atoms with van der Waals surface area (Å²) in [4.78, 5) is 37.9. The number of hydrogen-bond acceptors (Lipinski definition) is 7. The number of unbranched alkanes of at least 4 members (excludes halogenated alkanes) is 9. The van der Waals surface area contributed by atoms with Gasteiger partial charge in [-0.25, -0.2) is 5.01 Å². The van der Waals surface area contributed by atoms with Gasteiger partial charge in [-0.2, -0.15) is 11.8 Å². The molecule has 1 atom stereocenters. The lowest BCUT2D eigenvalue weighted by atomic mass is 10.1. The van der Waals surface area contributed by atoms with Crippen LogP contribution in [0.3, 0.4) is 0 Å². The quantitative estimate of drug-likeness (QED) is 0.0970. The second kappa shape index (κ2) is 23.0. The fraction of sp³-hybridized carbons (Fsp3) is 0.727.